The van der Waals surface area contributed by atoms with E-state index < -0.39 is 29.1 Å². The van der Waals surface area contributed by atoms with E-state index in [1.165, 1.54) is 17.1 Å². The van der Waals surface area contributed by atoms with Crippen LogP contribution in [0.3, 0.4) is 0 Å². The summed E-state index contributed by atoms with van der Waals surface area (Å²) in [7, 11) is 0. The highest BCUT2D eigenvalue weighted by atomic mass is 35.5. The molecule has 0 aliphatic rings. The highest BCUT2D eigenvalue weighted by Gasteiger charge is 2.26. The third kappa shape index (κ3) is 7.04. The van der Waals surface area contributed by atoms with E-state index in [0.717, 1.165) is 6.07 Å². The summed E-state index contributed by atoms with van der Waals surface area (Å²) in [6.07, 6.45) is 1.01. The molecule has 37 heavy (non-hydrogen) atoms. The zero-order valence-electron chi connectivity index (χ0n) is 20.9. The van der Waals surface area contributed by atoms with Crippen molar-refractivity contribution in [3.63, 3.8) is 0 Å². The molecular weight excluding hydrogens is 527 g/mol. The third-order valence-corrected chi connectivity index (χ3v) is 6.19. The first-order chi connectivity index (χ1) is 17.5. The summed E-state index contributed by atoms with van der Waals surface area (Å²) < 4.78 is 29.5. The number of hydrogen-bond acceptors (Lipinski definition) is 5. The van der Waals surface area contributed by atoms with E-state index in [1.807, 2.05) is 13.8 Å². The Morgan fingerprint density at radius 3 is 2.51 bits per heavy atom. The van der Waals surface area contributed by atoms with E-state index in [4.69, 9.17) is 23.2 Å². The lowest BCUT2D eigenvalue weighted by atomic mass is 10.0. The molecule has 1 atom stereocenters. The lowest BCUT2D eigenvalue weighted by Crippen LogP contribution is -2.44. The van der Waals surface area contributed by atoms with Crippen molar-refractivity contribution < 1.29 is 18.4 Å². The largest absolute Gasteiger partial charge is 0.339 e. The van der Waals surface area contributed by atoms with Gasteiger partial charge in [-0.25, -0.2) is 13.8 Å². The van der Waals surface area contributed by atoms with Gasteiger partial charge in [-0.05, 0) is 59.1 Å². The number of nitrogens with one attached hydrogen (secondary N) is 3. The number of anilines is 1. The van der Waals surface area contributed by atoms with Crippen molar-refractivity contribution in [2.24, 2.45) is 0 Å². The Balaban J connectivity index is 1.84. The Hall–Kier alpha value is -3.05. The minimum atomic E-state index is -2.82. The number of nitrogens with zero attached hydrogens (tertiary/aromatic N) is 4. The predicted octanol–water partition coefficient (Wildman–Crippen LogP) is 5.51. The molecule has 0 fully saturated rings. The molecule has 0 aromatic carbocycles. The van der Waals surface area contributed by atoms with Gasteiger partial charge in [0.25, 0.3) is 12.3 Å². The molecule has 3 heterocycles. The third-order valence-electron chi connectivity index (χ3n) is 5.75. The lowest BCUT2D eigenvalue weighted by Gasteiger charge is -2.20. The van der Waals surface area contributed by atoms with Gasteiger partial charge in [-0.3, -0.25) is 19.4 Å². The van der Waals surface area contributed by atoms with Crippen LogP contribution < -0.4 is 10.6 Å². The van der Waals surface area contributed by atoms with Gasteiger partial charge in [0.15, 0.2) is 0 Å². The Kier molecular flexibility index (Phi) is 9.61. The number of aryl methyl sites for hydroxylation is 2. The summed E-state index contributed by atoms with van der Waals surface area (Å²) in [5.41, 5.74) is 1.92. The van der Waals surface area contributed by atoms with Crippen molar-refractivity contribution >= 4 is 40.8 Å². The molecule has 9 nitrogen and oxygen atoms in total. The Labute approximate surface area is 223 Å². The number of alkyl halides is 4. The van der Waals surface area contributed by atoms with Gasteiger partial charge >= 0.3 is 0 Å². The van der Waals surface area contributed by atoms with Gasteiger partial charge in [-0.15, -0.1) is 23.2 Å². The van der Waals surface area contributed by atoms with Crippen LogP contribution in [-0.4, -0.2) is 47.7 Å². The molecule has 0 saturated heterocycles. The molecule has 0 bridgehead atoms. The monoisotopic (exact) mass is 555 g/mol. The van der Waals surface area contributed by atoms with Crippen molar-refractivity contribution in [3.8, 4) is 11.1 Å². The zero-order valence-corrected chi connectivity index (χ0v) is 22.4. The molecule has 13 heteroatoms. The van der Waals surface area contributed by atoms with Crippen LogP contribution in [0.15, 0.2) is 24.5 Å². The molecule has 200 valence electrons. The molecule has 2 amide bonds. The van der Waals surface area contributed by atoms with Crippen molar-refractivity contribution in [3.05, 3.63) is 47.2 Å². The van der Waals surface area contributed by atoms with Gasteiger partial charge in [-0.2, -0.15) is 10.2 Å². The van der Waals surface area contributed by atoms with Gasteiger partial charge < -0.3 is 10.6 Å². The first-order valence-electron chi connectivity index (χ1n) is 11.7. The van der Waals surface area contributed by atoms with E-state index in [0.29, 0.717) is 29.8 Å². The molecule has 3 N–H and O–H groups in total. The van der Waals surface area contributed by atoms with Gasteiger partial charge in [0.1, 0.15) is 22.4 Å². The van der Waals surface area contributed by atoms with Crippen molar-refractivity contribution in [1.82, 2.24) is 30.3 Å². The second kappa shape index (κ2) is 12.5. The maximum Gasteiger partial charge on any atom is 0.270 e. The van der Waals surface area contributed by atoms with Gasteiger partial charge in [0, 0.05) is 40.8 Å². The van der Waals surface area contributed by atoms with E-state index in [2.05, 4.69) is 30.9 Å². The van der Waals surface area contributed by atoms with E-state index in [1.54, 1.807) is 19.9 Å². The average Bonchev–Trinajstić information content (AvgIpc) is 3.45. The smallest absolute Gasteiger partial charge is 0.270 e. The maximum atomic E-state index is 14.0. The number of hydrogen-bond donors (Lipinski definition) is 3. The second-order valence-electron chi connectivity index (χ2n) is 8.86. The normalized spacial score (nSPS) is 12.4. The van der Waals surface area contributed by atoms with Gasteiger partial charge in [0.05, 0.1) is 5.69 Å². The summed E-state index contributed by atoms with van der Waals surface area (Å²) in [4.78, 5) is 29.7. The van der Waals surface area contributed by atoms with Crippen molar-refractivity contribution in [2.75, 3.05) is 5.32 Å². The summed E-state index contributed by atoms with van der Waals surface area (Å²) in [6.45, 7) is 7.18. The number of aromatic nitrogens is 5. The Bertz CT molecular complexity index is 1220. The SMILES string of the molecule is Cc1n[nH]c(C)c1-c1cnc(NC(=O)[C@H](CCCC(Cl)Cl)NC(=O)c2ccnn2C(C)C)cc1C(F)F. The van der Waals surface area contributed by atoms with Crippen molar-refractivity contribution in [2.45, 2.75) is 70.3 Å². The molecule has 0 saturated carbocycles. The quantitative estimate of drug-likeness (QED) is 0.269. The number of H-pyrrole nitrogens is 1. The number of pyridine rings is 1. The highest BCUT2D eigenvalue weighted by Crippen LogP contribution is 2.35. The number of carbonyl (C=O) groups excluding carboxylic acids is 2. The van der Waals surface area contributed by atoms with Crippen molar-refractivity contribution in [1.29, 1.82) is 0 Å². The minimum absolute atomic E-state index is 0.0677. The first-order valence-corrected chi connectivity index (χ1v) is 12.6. The molecule has 3 aromatic heterocycles. The predicted molar refractivity (Wildman–Crippen MR) is 138 cm³/mol. The van der Waals surface area contributed by atoms with Crippen LogP contribution in [0.5, 0.6) is 0 Å². The molecule has 3 aromatic rings. The number of carbonyl (C=O) groups is 2. The molecule has 0 unspecified atom stereocenters. The standard InChI is InChI=1S/C24H29Cl2F2N7O2/c1-12(2)35-18(8-9-30-35)24(37)31-17(6-5-7-19(25)26)23(36)32-20-10-15(22(27)28)16(11-29-20)21-13(3)33-34-14(21)4/h8-12,17,19,22H,5-7H2,1-4H3,(H,31,37)(H,33,34)(H,29,32,36)/t17-/m0/s1. The topological polar surface area (TPSA) is 118 Å². The van der Waals surface area contributed by atoms with Crippen LogP contribution in [-0.2, 0) is 4.79 Å². The summed E-state index contributed by atoms with van der Waals surface area (Å²) in [5, 5.41) is 16.2. The van der Waals surface area contributed by atoms with Crippen LogP contribution in [0.1, 0.15) is 73.0 Å². The number of halogens is 4. The van der Waals surface area contributed by atoms with Crippen LogP contribution in [0.2, 0.25) is 0 Å². The molecule has 0 aliphatic heterocycles. The molecule has 0 aliphatic carbocycles. The van der Waals surface area contributed by atoms with Crippen LogP contribution in [0.25, 0.3) is 11.1 Å². The van der Waals surface area contributed by atoms with Crippen LogP contribution >= 0.6 is 23.2 Å². The van der Waals surface area contributed by atoms with E-state index in [9.17, 15) is 18.4 Å². The summed E-state index contributed by atoms with van der Waals surface area (Å²) in [6, 6.07) is 1.61. The fourth-order valence-corrected chi connectivity index (χ4v) is 4.28. The maximum absolute atomic E-state index is 14.0. The zero-order chi connectivity index (χ0) is 27.3. The number of aromatic amines is 1. The van der Waals surface area contributed by atoms with E-state index in [-0.39, 0.29) is 35.1 Å². The summed E-state index contributed by atoms with van der Waals surface area (Å²) in [5.74, 6) is -1.18. The minimum Gasteiger partial charge on any atom is -0.339 e. The fourth-order valence-electron chi connectivity index (χ4n) is 3.97. The molecular formula is C24H29Cl2F2N7O2. The highest BCUT2D eigenvalue weighted by molar-refractivity contribution is 6.44. The fraction of sp³-hybridized carbons (Fsp3) is 0.458. The lowest BCUT2D eigenvalue weighted by molar-refractivity contribution is -0.118. The van der Waals surface area contributed by atoms with Crippen LogP contribution in [0, 0.1) is 13.8 Å². The van der Waals surface area contributed by atoms with Gasteiger partial charge in [0.2, 0.25) is 5.91 Å². The first kappa shape index (κ1) is 28.5. The van der Waals surface area contributed by atoms with Gasteiger partial charge in [-0.1, -0.05) is 0 Å². The second-order valence-corrected chi connectivity index (χ2v) is 10.1. The van der Waals surface area contributed by atoms with Crippen LogP contribution in [0.4, 0.5) is 14.6 Å². The average molecular weight is 556 g/mol. The van der Waals surface area contributed by atoms with E-state index >= 15 is 0 Å². The number of amides is 2. The molecule has 0 spiro atoms. The Morgan fingerprint density at radius 2 is 1.92 bits per heavy atom. The Morgan fingerprint density at radius 1 is 1.19 bits per heavy atom. The summed E-state index contributed by atoms with van der Waals surface area (Å²) >= 11 is 11.6. The molecule has 3 rings (SSSR count). The number of rotatable bonds is 11. The molecule has 0 radical (unpaired) electrons.